The molecule has 1 saturated heterocycles. The van der Waals surface area contributed by atoms with E-state index in [9.17, 15) is 4.39 Å². The zero-order valence-corrected chi connectivity index (χ0v) is 18.9. The van der Waals surface area contributed by atoms with Crippen LogP contribution in [0.4, 0.5) is 4.39 Å². The molecule has 7 nitrogen and oxygen atoms in total. The van der Waals surface area contributed by atoms with Gasteiger partial charge in [-0.3, -0.25) is 0 Å². The van der Waals surface area contributed by atoms with Crippen LogP contribution in [0.3, 0.4) is 0 Å². The van der Waals surface area contributed by atoms with E-state index in [2.05, 4.69) is 11.1 Å². The van der Waals surface area contributed by atoms with E-state index in [1.54, 1.807) is 36.4 Å². The van der Waals surface area contributed by atoms with Crippen molar-refractivity contribution in [2.75, 3.05) is 6.61 Å². The SMILES string of the molecule is N#Cc1ccc(Oc2cn(C3CCCCO3)nc2-c2cccc(COc3cccc(F)n3)c2)cc1. The van der Waals surface area contributed by atoms with Gasteiger partial charge in [0.15, 0.2) is 5.75 Å². The third kappa shape index (κ3) is 5.48. The Bertz CT molecular complexity index is 1340. The summed E-state index contributed by atoms with van der Waals surface area (Å²) in [6.07, 6.45) is 4.70. The fourth-order valence-electron chi connectivity index (χ4n) is 3.89. The number of rotatable bonds is 7. The summed E-state index contributed by atoms with van der Waals surface area (Å²) in [6, 6.07) is 21.2. The van der Waals surface area contributed by atoms with Crippen LogP contribution in [0.1, 0.15) is 36.6 Å². The van der Waals surface area contributed by atoms with Crippen LogP contribution in [0.2, 0.25) is 0 Å². The second-order valence-corrected chi connectivity index (χ2v) is 8.17. The molecule has 1 aliphatic rings. The highest BCUT2D eigenvalue weighted by atomic mass is 19.1. The van der Waals surface area contributed by atoms with Crippen LogP contribution in [0.25, 0.3) is 11.3 Å². The molecule has 0 amide bonds. The highest BCUT2D eigenvalue weighted by Crippen LogP contribution is 2.35. The summed E-state index contributed by atoms with van der Waals surface area (Å²) in [5.74, 6) is 0.815. The summed E-state index contributed by atoms with van der Waals surface area (Å²) in [7, 11) is 0. The quantitative estimate of drug-likeness (QED) is 0.307. The van der Waals surface area contributed by atoms with Crippen molar-refractivity contribution in [3.63, 3.8) is 0 Å². The molecule has 4 aromatic rings. The minimum Gasteiger partial charge on any atom is -0.473 e. The van der Waals surface area contributed by atoms with Gasteiger partial charge < -0.3 is 14.2 Å². The third-order valence-corrected chi connectivity index (χ3v) is 5.64. The molecule has 2 aromatic heterocycles. The Balaban J connectivity index is 1.43. The van der Waals surface area contributed by atoms with E-state index < -0.39 is 5.95 Å². The predicted molar refractivity (Wildman–Crippen MR) is 126 cm³/mol. The second kappa shape index (κ2) is 10.4. The Morgan fingerprint density at radius 1 is 1.09 bits per heavy atom. The lowest BCUT2D eigenvalue weighted by atomic mass is 10.1. The average molecular weight is 471 g/mol. The van der Waals surface area contributed by atoms with E-state index in [0.717, 1.165) is 30.4 Å². The molecule has 0 N–H and O–H groups in total. The van der Waals surface area contributed by atoms with Gasteiger partial charge in [0.05, 0.1) is 17.8 Å². The molecule has 1 aliphatic heterocycles. The Morgan fingerprint density at radius 3 is 2.71 bits per heavy atom. The predicted octanol–water partition coefficient (Wildman–Crippen LogP) is 6.03. The van der Waals surface area contributed by atoms with Gasteiger partial charge in [-0.05, 0) is 61.2 Å². The minimum atomic E-state index is -0.587. The molecule has 35 heavy (non-hydrogen) atoms. The lowest BCUT2D eigenvalue weighted by molar-refractivity contribution is -0.0394. The zero-order valence-electron chi connectivity index (χ0n) is 18.9. The zero-order chi connectivity index (χ0) is 24.0. The minimum absolute atomic E-state index is 0.147. The highest BCUT2D eigenvalue weighted by Gasteiger charge is 2.21. The Kier molecular flexibility index (Phi) is 6.68. The number of nitrogens with zero attached hydrogens (tertiary/aromatic N) is 4. The largest absolute Gasteiger partial charge is 0.473 e. The Labute approximate surface area is 202 Å². The van der Waals surface area contributed by atoms with Crippen molar-refractivity contribution in [3.05, 3.63) is 90.0 Å². The van der Waals surface area contributed by atoms with Gasteiger partial charge in [0.25, 0.3) is 0 Å². The summed E-state index contributed by atoms with van der Waals surface area (Å²) in [5, 5.41) is 13.9. The molecule has 8 heteroatoms. The summed E-state index contributed by atoms with van der Waals surface area (Å²) < 4.78 is 32.9. The van der Waals surface area contributed by atoms with Gasteiger partial charge in [-0.1, -0.05) is 24.3 Å². The maximum absolute atomic E-state index is 13.4. The standard InChI is InChI=1S/C27H23FN4O3/c28-24-7-4-8-25(30-24)34-18-20-5-3-6-21(15-20)27-23(35-22-12-10-19(16-29)11-13-22)17-32(31-27)26-9-1-2-14-33-26/h3-8,10-13,15,17,26H,1-2,9,14,18H2. The molecule has 0 bridgehead atoms. The van der Waals surface area contributed by atoms with Crippen molar-refractivity contribution in [1.29, 1.82) is 5.26 Å². The molecule has 176 valence electrons. The normalized spacial score (nSPS) is 15.4. The number of halogens is 1. The summed E-state index contributed by atoms with van der Waals surface area (Å²) >= 11 is 0. The Morgan fingerprint density at radius 2 is 1.94 bits per heavy atom. The molecule has 0 spiro atoms. The van der Waals surface area contributed by atoms with Gasteiger partial charge in [-0.2, -0.15) is 19.7 Å². The molecule has 0 saturated carbocycles. The number of hydrogen-bond donors (Lipinski definition) is 0. The van der Waals surface area contributed by atoms with Crippen molar-refractivity contribution in [3.8, 4) is 34.7 Å². The van der Waals surface area contributed by atoms with Gasteiger partial charge in [-0.25, -0.2) is 4.68 Å². The average Bonchev–Trinajstić information content (AvgIpc) is 3.32. The van der Waals surface area contributed by atoms with Crippen molar-refractivity contribution in [1.82, 2.24) is 14.8 Å². The lowest BCUT2D eigenvalue weighted by Gasteiger charge is -2.22. The monoisotopic (exact) mass is 470 g/mol. The summed E-state index contributed by atoms with van der Waals surface area (Å²) in [4.78, 5) is 3.74. The van der Waals surface area contributed by atoms with Crippen LogP contribution in [0.5, 0.6) is 17.4 Å². The van der Waals surface area contributed by atoms with Gasteiger partial charge in [0.1, 0.15) is 24.3 Å². The Hall–Kier alpha value is -4.22. The second-order valence-electron chi connectivity index (χ2n) is 8.17. The first-order chi connectivity index (χ1) is 17.2. The van der Waals surface area contributed by atoms with Crippen molar-refractivity contribution < 1.29 is 18.6 Å². The smallest absolute Gasteiger partial charge is 0.216 e. The third-order valence-electron chi connectivity index (χ3n) is 5.64. The fourth-order valence-corrected chi connectivity index (χ4v) is 3.89. The van der Waals surface area contributed by atoms with Gasteiger partial charge in [0.2, 0.25) is 11.8 Å². The lowest BCUT2D eigenvalue weighted by Crippen LogP contribution is -2.18. The van der Waals surface area contributed by atoms with Crippen LogP contribution >= 0.6 is 0 Å². The first-order valence-corrected chi connectivity index (χ1v) is 11.4. The molecule has 2 aromatic carbocycles. The van der Waals surface area contributed by atoms with Gasteiger partial charge >= 0.3 is 0 Å². The summed E-state index contributed by atoms with van der Waals surface area (Å²) in [5.41, 5.74) is 2.94. The maximum atomic E-state index is 13.4. The molecular weight excluding hydrogens is 447 g/mol. The summed E-state index contributed by atoms with van der Waals surface area (Å²) in [6.45, 7) is 0.926. The van der Waals surface area contributed by atoms with E-state index in [1.807, 2.05) is 35.1 Å². The number of benzene rings is 2. The number of nitriles is 1. The number of hydrogen-bond acceptors (Lipinski definition) is 6. The molecule has 0 radical (unpaired) electrons. The van der Waals surface area contributed by atoms with E-state index >= 15 is 0 Å². The van der Waals surface area contributed by atoms with Crippen LogP contribution in [-0.4, -0.2) is 21.4 Å². The number of pyridine rings is 1. The van der Waals surface area contributed by atoms with Crippen LogP contribution in [0, 0.1) is 17.3 Å². The molecule has 0 aliphatic carbocycles. The van der Waals surface area contributed by atoms with Crippen molar-refractivity contribution >= 4 is 0 Å². The molecule has 1 unspecified atom stereocenters. The molecule has 5 rings (SSSR count). The molecule has 3 heterocycles. The van der Waals surface area contributed by atoms with Crippen LogP contribution in [0.15, 0.2) is 72.9 Å². The molecule has 1 atom stereocenters. The molecule has 1 fully saturated rings. The maximum Gasteiger partial charge on any atom is 0.216 e. The fraction of sp³-hybridized carbons (Fsp3) is 0.222. The van der Waals surface area contributed by atoms with E-state index in [4.69, 9.17) is 24.6 Å². The first kappa shape index (κ1) is 22.6. The van der Waals surface area contributed by atoms with E-state index in [1.165, 1.54) is 6.07 Å². The van der Waals surface area contributed by atoms with E-state index in [-0.39, 0.29) is 18.7 Å². The highest BCUT2D eigenvalue weighted by molar-refractivity contribution is 5.67. The van der Waals surface area contributed by atoms with Crippen molar-refractivity contribution in [2.24, 2.45) is 0 Å². The molecular formula is C27H23FN4O3. The number of ether oxygens (including phenoxy) is 3. The first-order valence-electron chi connectivity index (χ1n) is 11.4. The topological polar surface area (TPSA) is 82.2 Å². The van der Waals surface area contributed by atoms with Gasteiger partial charge in [0, 0.05) is 18.2 Å². The van der Waals surface area contributed by atoms with Crippen molar-refractivity contribution in [2.45, 2.75) is 32.1 Å². The van der Waals surface area contributed by atoms with Gasteiger partial charge in [-0.15, -0.1) is 0 Å². The number of aromatic nitrogens is 3. The van der Waals surface area contributed by atoms with E-state index in [0.29, 0.717) is 29.4 Å². The van der Waals surface area contributed by atoms with Crippen LogP contribution < -0.4 is 9.47 Å². The van der Waals surface area contributed by atoms with Crippen LogP contribution in [-0.2, 0) is 11.3 Å².